The first-order valence-electron chi connectivity index (χ1n) is 8.59. The summed E-state index contributed by atoms with van der Waals surface area (Å²) in [6.07, 6.45) is 0. The Morgan fingerprint density at radius 2 is 1.61 bits per heavy atom. The Balaban J connectivity index is 1.60. The molecule has 0 saturated carbocycles. The quantitative estimate of drug-likeness (QED) is 0.580. The van der Waals surface area contributed by atoms with Crippen molar-refractivity contribution < 1.29 is 14.3 Å². The van der Waals surface area contributed by atoms with Crippen LogP contribution in [0.3, 0.4) is 0 Å². The van der Waals surface area contributed by atoms with Crippen molar-refractivity contribution in [2.45, 2.75) is 0 Å². The number of benzene rings is 2. The number of methoxy groups -OCH3 is 2. The molecule has 1 amide bonds. The fourth-order valence-corrected chi connectivity index (χ4v) is 4.55. The monoisotopic (exact) mass is 410 g/mol. The van der Waals surface area contributed by atoms with Gasteiger partial charge in [-0.1, -0.05) is 11.8 Å². The molecular formula is C21H18N2O3S2. The second-order valence-corrected chi connectivity index (χ2v) is 7.86. The van der Waals surface area contributed by atoms with E-state index in [4.69, 9.17) is 14.5 Å². The molecule has 0 bridgehead atoms. The molecule has 7 heteroatoms. The minimum atomic E-state index is 0.0273. The summed E-state index contributed by atoms with van der Waals surface area (Å²) in [7, 11) is 3.28. The molecule has 1 aliphatic heterocycles. The van der Waals surface area contributed by atoms with E-state index in [1.807, 2.05) is 60.0 Å². The molecule has 1 aliphatic rings. The molecule has 0 unspecified atom stereocenters. The van der Waals surface area contributed by atoms with Crippen LogP contribution in [0.25, 0.3) is 10.4 Å². The summed E-state index contributed by atoms with van der Waals surface area (Å²) in [5.41, 5.74) is 2.74. The Bertz CT molecular complexity index is 1010. The second-order valence-electron chi connectivity index (χ2n) is 6.01. The van der Waals surface area contributed by atoms with E-state index >= 15 is 0 Å². The maximum Gasteiger partial charge on any atom is 0.243 e. The van der Waals surface area contributed by atoms with Gasteiger partial charge in [0.1, 0.15) is 11.5 Å². The maximum atomic E-state index is 12.4. The number of hydrogen-bond donors (Lipinski definition) is 0. The zero-order valence-corrected chi connectivity index (χ0v) is 17.0. The lowest BCUT2D eigenvalue weighted by atomic mass is 10.2. The van der Waals surface area contributed by atoms with Gasteiger partial charge in [0.05, 0.1) is 31.3 Å². The van der Waals surface area contributed by atoms with Crippen LogP contribution in [-0.2, 0) is 4.79 Å². The van der Waals surface area contributed by atoms with Crippen LogP contribution in [-0.4, -0.2) is 31.0 Å². The second kappa shape index (κ2) is 8.08. The minimum Gasteiger partial charge on any atom is -0.497 e. The SMILES string of the molecule is COc1ccc(-c2cc(N=C3SCC(=O)N3c3ccc(OC)cc3)cs2)cc1. The van der Waals surface area contributed by atoms with Gasteiger partial charge < -0.3 is 9.47 Å². The molecule has 0 atom stereocenters. The van der Waals surface area contributed by atoms with Gasteiger partial charge in [0.25, 0.3) is 0 Å². The highest BCUT2D eigenvalue weighted by Gasteiger charge is 2.29. The van der Waals surface area contributed by atoms with E-state index in [1.165, 1.54) is 11.8 Å². The molecule has 0 N–H and O–H groups in total. The molecule has 0 aliphatic carbocycles. The Labute approximate surface area is 171 Å². The molecule has 2 aromatic carbocycles. The van der Waals surface area contributed by atoms with Gasteiger partial charge in [-0.2, -0.15) is 0 Å². The Morgan fingerprint density at radius 1 is 0.964 bits per heavy atom. The number of carbonyl (C=O) groups excluding carboxylic acids is 1. The summed E-state index contributed by atoms with van der Waals surface area (Å²) in [6, 6.07) is 17.4. The Hall–Kier alpha value is -2.77. The molecule has 1 saturated heterocycles. The summed E-state index contributed by atoms with van der Waals surface area (Å²) >= 11 is 3.08. The molecular weight excluding hydrogens is 392 g/mol. The van der Waals surface area contributed by atoms with Crippen LogP contribution in [0.4, 0.5) is 11.4 Å². The topological polar surface area (TPSA) is 51.1 Å². The Kier molecular flexibility index (Phi) is 5.36. The minimum absolute atomic E-state index is 0.0273. The lowest BCUT2D eigenvalue weighted by Crippen LogP contribution is -2.28. The van der Waals surface area contributed by atoms with E-state index in [9.17, 15) is 4.79 Å². The van der Waals surface area contributed by atoms with Crippen LogP contribution in [0.1, 0.15) is 0 Å². The predicted octanol–water partition coefficient (Wildman–Crippen LogP) is 5.20. The van der Waals surface area contributed by atoms with Crippen LogP contribution < -0.4 is 14.4 Å². The standard InChI is InChI=1S/C21H18N2O3S2/c1-25-17-7-3-14(4-8-17)19-11-15(12-27-19)22-21-23(20(24)13-28-21)16-5-9-18(26-2)10-6-16/h3-12H,13H2,1-2H3. The van der Waals surface area contributed by atoms with Gasteiger partial charge >= 0.3 is 0 Å². The average molecular weight is 411 g/mol. The van der Waals surface area contributed by atoms with Crippen molar-refractivity contribution in [3.8, 4) is 21.9 Å². The number of rotatable bonds is 5. The fraction of sp³-hybridized carbons (Fsp3) is 0.143. The normalized spacial score (nSPS) is 15.3. The third kappa shape index (κ3) is 3.76. The third-order valence-electron chi connectivity index (χ3n) is 4.28. The highest BCUT2D eigenvalue weighted by atomic mass is 32.2. The zero-order valence-electron chi connectivity index (χ0n) is 15.4. The van der Waals surface area contributed by atoms with Crippen LogP contribution in [0.5, 0.6) is 11.5 Å². The number of ether oxygens (including phenoxy) is 2. The van der Waals surface area contributed by atoms with Crippen molar-refractivity contribution in [1.29, 1.82) is 0 Å². The van der Waals surface area contributed by atoms with Crippen molar-refractivity contribution in [3.63, 3.8) is 0 Å². The lowest BCUT2D eigenvalue weighted by molar-refractivity contribution is -0.115. The van der Waals surface area contributed by atoms with E-state index in [0.29, 0.717) is 10.9 Å². The van der Waals surface area contributed by atoms with Crippen LogP contribution in [0, 0.1) is 0 Å². The molecule has 3 aromatic rings. The molecule has 2 heterocycles. The molecule has 4 rings (SSSR count). The number of carbonyl (C=O) groups is 1. The van der Waals surface area contributed by atoms with E-state index in [-0.39, 0.29) is 5.91 Å². The lowest BCUT2D eigenvalue weighted by Gasteiger charge is -2.16. The molecule has 0 radical (unpaired) electrons. The number of hydrogen-bond acceptors (Lipinski definition) is 6. The number of amidine groups is 1. The van der Waals surface area contributed by atoms with Crippen molar-refractivity contribution in [2.75, 3.05) is 24.9 Å². The highest BCUT2D eigenvalue weighted by molar-refractivity contribution is 8.15. The van der Waals surface area contributed by atoms with Crippen molar-refractivity contribution in [1.82, 2.24) is 0 Å². The first kappa shape index (κ1) is 18.6. The summed E-state index contributed by atoms with van der Waals surface area (Å²) < 4.78 is 10.4. The van der Waals surface area contributed by atoms with Crippen LogP contribution >= 0.6 is 23.1 Å². The maximum absolute atomic E-state index is 12.4. The Morgan fingerprint density at radius 3 is 2.25 bits per heavy atom. The smallest absolute Gasteiger partial charge is 0.243 e. The van der Waals surface area contributed by atoms with Gasteiger partial charge in [-0.05, 0) is 60.2 Å². The first-order chi connectivity index (χ1) is 13.7. The van der Waals surface area contributed by atoms with Gasteiger partial charge in [-0.25, -0.2) is 4.99 Å². The predicted molar refractivity (Wildman–Crippen MR) is 116 cm³/mol. The molecule has 28 heavy (non-hydrogen) atoms. The van der Waals surface area contributed by atoms with E-state index in [1.54, 1.807) is 30.5 Å². The summed E-state index contributed by atoms with van der Waals surface area (Å²) in [5.74, 6) is 2.00. The van der Waals surface area contributed by atoms with E-state index in [0.717, 1.165) is 33.3 Å². The molecule has 0 spiro atoms. The van der Waals surface area contributed by atoms with Crippen LogP contribution in [0.2, 0.25) is 0 Å². The molecule has 142 valence electrons. The number of thiophene rings is 1. The van der Waals surface area contributed by atoms with Crippen molar-refractivity contribution in [3.05, 3.63) is 60.0 Å². The largest absolute Gasteiger partial charge is 0.497 e. The van der Waals surface area contributed by atoms with Gasteiger partial charge in [-0.15, -0.1) is 11.3 Å². The molecule has 1 fully saturated rings. The third-order valence-corrected chi connectivity index (χ3v) is 6.17. The number of nitrogens with zero attached hydrogens (tertiary/aromatic N) is 2. The van der Waals surface area contributed by atoms with Gasteiger partial charge in [0.2, 0.25) is 5.91 Å². The van der Waals surface area contributed by atoms with Gasteiger partial charge in [-0.3, -0.25) is 9.69 Å². The average Bonchev–Trinajstić information content (AvgIpc) is 3.35. The van der Waals surface area contributed by atoms with Crippen LogP contribution in [0.15, 0.2) is 65.0 Å². The number of aliphatic imine (C=N–C) groups is 1. The van der Waals surface area contributed by atoms with Gasteiger partial charge in [0, 0.05) is 10.3 Å². The number of thioether (sulfide) groups is 1. The first-order valence-corrected chi connectivity index (χ1v) is 10.5. The fourth-order valence-electron chi connectivity index (χ4n) is 2.83. The zero-order chi connectivity index (χ0) is 19.5. The van der Waals surface area contributed by atoms with Crippen molar-refractivity contribution >= 4 is 45.5 Å². The number of amides is 1. The number of anilines is 1. The van der Waals surface area contributed by atoms with Gasteiger partial charge in [0.15, 0.2) is 5.17 Å². The van der Waals surface area contributed by atoms with Crippen molar-refractivity contribution in [2.24, 2.45) is 4.99 Å². The summed E-state index contributed by atoms with van der Waals surface area (Å²) in [6.45, 7) is 0. The van der Waals surface area contributed by atoms with E-state index < -0.39 is 0 Å². The highest BCUT2D eigenvalue weighted by Crippen LogP contribution is 2.35. The molecule has 5 nitrogen and oxygen atoms in total. The van der Waals surface area contributed by atoms with E-state index in [2.05, 4.69) is 0 Å². The summed E-state index contributed by atoms with van der Waals surface area (Å²) in [4.78, 5) is 19.9. The summed E-state index contributed by atoms with van der Waals surface area (Å²) in [5, 5.41) is 2.69. The molecule has 1 aromatic heterocycles.